The topological polar surface area (TPSA) is 80.0 Å². The van der Waals surface area contributed by atoms with Gasteiger partial charge in [0.25, 0.3) is 0 Å². The Hall–Kier alpha value is -2.37. The first-order valence-electron chi connectivity index (χ1n) is 8.32. The largest absolute Gasteiger partial charge is 0.466 e. The Labute approximate surface area is 142 Å². The van der Waals surface area contributed by atoms with Crippen LogP contribution in [0.4, 0.5) is 5.95 Å². The third-order valence-electron chi connectivity index (χ3n) is 4.27. The zero-order valence-corrected chi connectivity index (χ0v) is 14.4. The van der Waals surface area contributed by atoms with Crippen LogP contribution in [0.5, 0.6) is 0 Å². The van der Waals surface area contributed by atoms with Crippen LogP contribution in [-0.4, -0.2) is 22.4 Å². The minimum Gasteiger partial charge on any atom is -0.466 e. The van der Waals surface area contributed by atoms with Crippen molar-refractivity contribution < 1.29 is 9.21 Å². The molecule has 0 spiro atoms. The van der Waals surface area contributed by atoms with Crippen molar-refractivity contribution in [3.63, 3.8) is 0 Å². The molecule has 6 nitrogen and oxygen atoms in total. The minimum absolute atomic E-state index is 0.0154. The standard InChI is InChI=1S/C18H24N4O2/c1-12-9-13-14(10-18(2,3)11-15(13)24-12)22-16(23)5-8-21-17-19-6-4-7-20-17/h4,6-7,9,14H,5,8,10-11H2,1-3H3,(H,22,23)(H,19,20,21)/t14-/m0/s1. The van der Waals surface area contributed by atoms with Crippen LogP contribution in [0, 0.1) is 12.3 Å². The van der Waals surface area contributed by atoms with Gasteiger partial charge in [-0.3, -0.25) is 4.79 Å². The van der Waals surface area contributed by atoms with Gasteiger partial charge in [-0.25, -0.2) is 9.97 Å². The Kier molecular flexibility index (Phi) is 4.55. The summed E-state index contributed by atoms with van der Waals surface area (Å²) in [6, 6.07) is 3.82. The molecule has 2 aromatic heterocycles. The molecule has 2 aromatic rings. The van der Waals surface area contributed by atoms with E-state index in [1.54, 1.807) is 18.5 Å². The fourth-order valence-corrected chi connectivity index (χ4v) is 3.26. The van der Waals surface area contributed by atoms with Crippen LogP contribution in [0.25, 0.3) is 0 Å². The number of aryl methyl sites for hydroxylation is 1. The lowest BCUT2D eigenvalue weighted by atomic mass is 9.74. The first-order valence-corrected chi connectivity index (χ1v) is 8.32. The summed E-state index contributed by atoms with van der Waals surface area (Å²) in [5.74, 6) is 2.47. The van der Waals surface area contributed by atoms with Gasteiger partial charge >= 0.3 is 0 Å². The first kappa shape index (κ1) is 16.5. The maximum Gasteiger partial charge on any atom is 0.222 e. The summed E-state index contributed by atoms with van der Waals surface area (Å²) in [5, 5.41) is 6.20. The first-order chi connectivity index (χ1) is 11.4. The second-order valence-corrected chi connectivity index (χ2v) is 7.15. The predicted octanol–water partition coefficient (Wildman–Crippen LogP) is 3.01. The Bertz CT molecular complexity index is 709. The molecule has 2 heterocycles. The van der Waals surface area contributed by atoms with Gasteiger partial charge in [0, 0.05) is 37.3 Å². The highest BCUT2D eigenvalue weighted by Gasteiger charge is 2.35. The maximum atomic E-state index is 12.3. The number of amides is 1. The van der Waals surface area contributed by atoms with Crippen LogP contribution in [-0.2, 0) is 11.2 Å². The number of carbonyl (C=O) groups is 1. The molecule has 1 aliphatic carbocycles. The third-order valence-corrected chi connectivity index (χ3v) is 4.27. The Morgan fingerprint density at radius 3 is 2.88 bits per heavy atom. The van der Waals surface area contributed by atoms with E-state index in [4.69, 9.17) is 4.42 Å². The predicted molar refractivity (Wildman–Crippen MR) is 91.6 cm³/mol. The number of carbonyl (C=O) groups excluding carboxylic acids is 1. The van der Waals surface area contributed by atoms with Gasteiger partial charge < -0.3 is 15.1 Å². The number of nitrogens with zero attached hydrogens (tertiary/aromatic N) is 2. The highest BCUT2D eigenvalue weighted by molar-refractivity contribution is 5.77. The van der Waals surface area contributed by atoms with E-state index in [-0.39, 0.29) is 17.4 Å². The van der Waals surface area contributed by atoms with Crippen LogP contribution >= 0.6 is 0 Å². The fourth-order valence-electron chi connectivity index (χ4n) is 3.26. The molecule has 0 saturated carbocycles. The van der Waals surface area contributed by atoms with E-state index < -0.39 is 0 Å². The number of rotatable bonds is 5. The second-order valence-electron chi connectivity index (χ2n) is 7.15. The monoisotopic (exact) mass is 328 g/mol. The molecule has 0 saturated heterocycles. The number of fused-ring (bicyclic) bond motifs is 1. The van der Waals surface area contributed by atoms with Gasteiger partial charge in [0.1, 0.15) is 11.5 Å². The highest BCUT2D eigenvalue weighted by atomic mass is 16.3. The number of aromatic nitrogens is 2. The molecule has 1 amide bonds. The average molecular weight is 328 g/mol. The summed E-state index contributed by atoms with van der Waals surface area (Å²) < 4.78 is 5.81. The van der Waals surface area contributed by atoms with Gasteiger partial charge in [-0.05, 0) is 30.9 Å². The lowest BCUT2D eigenvalue weighted by Gasteiger charge is -2.34. The SMILES string of the molecule is Cc1cc2c(o1)CC(C)(C)C[C@@H]2NC(=O)CCNc1ncccn1. The van der Waals surface area contributed by atoms with Crippen molar-refractivity contribution in [3.8, 4) is 0 Å². The Balaban J connectivity index is 1.57. The molecule has 6 heteroatoms. The van der Waals surface area contributed by atoms with Crippen LogP contribution in [0.1, 0.15) is 49.8 Å². The second kappa shape index (κ2) is 6.63. The van der Waals surface area contributed by atoms with Gasteiger partial charge in [0.2, 0.25) is 11.9 Å². The van der Waals surface area contributed by atoms with E-state index in [0.29, 0.717) is 18.9 Å². The molecule has 1 atom stereocenters. The molecule has 0 radical (unpaired) electrons. The van der Waals surface area contributed by atoms with Crippen molar-refractivity contribution >= 4 is 11.9 Å². The molecule has 1 aliphatic rings. The minimum atomic E-state index is 0.0154. The zero-order valence-electron chi connectivity index (χ0n) is 14.4. The smallest absolute Gasteiger partial charge is 0.222 e. The van der Waals surface area contributed by atoms with Crippen LogP contribution < -0.4 is 10.6 Å². The Morgan fingerprint density at radius 1 is 1.38 bits per heavy atom. The molecule has 2 N–H and O–H groups in total. The van der Waals surface area contributed by atoms with Crippen LogP contribution in [0.2, 0.25) is 0 Å². The lowest BCUT2D eigenvalue weighted by Crippen LogP contribution is -2.36. The van der Waals surface area contributed by atoms with E-state index in [1.807, 2.05) is 13.0 Å². The van der Waals surface area contributed by atoms with E-state index in [0.717, 1.165) is 29.9 Å². The van der Waals surface area contributed by atoms with Gasteiger partial charge in [-0.15, -0.1) is 0 Å². The lowest BCUT2D eigenvalue weighted by molar-refractivity contribution is -0.121. The average Bonchev–Trinajstić information content (AvgIpc) is 2.87. The van der Waals surface area contributed by atoms with Crippen LogP contribution in [0.15, 0.2) is 28.9 Å². The molecule has 0 aromatic carbocycles. The van der Waals surface area contributed by atoms with E-state index >= 15 is 0 Å². The molecule has 128 valence electrons. The summed E-state index contributed by atoms with van der Waals surface area (Å²) in [4.78, 5) is 20.5. The van der Waals surface area contributed by atoms with Gasteiger partial charge in [0.05, 0.1) is 6.04 Å². The van der Waals surface area contributed by atoms with Crippen molar-refractivity contribution in [2.24, 2.45) is 5.41 Å². The summed E-state index contributed by atoms with van der Waals surface area (Å²) in [5.41, 5.74) is 1.24. The molecule has 0 fully saturated rings. The molecule has 0 bridgehead atoms. The number of hydrogen-bond donors (Lipinski definition) is 2. The molecular weight excluding hydrogens is 304 g/mol. The van der Waals surface area contributed by atoms with E-state index in [1.165, 1.54) is 0 Å². The Morgan fingerprint density at radius 2 is 2.12 bits per heavy atom. The fraction of sp³-hybridized carbons (Fsp3) is 0.500. The van der Waals surface area contributed by atoms with Gasteiger partial charge in [0.15, 0.2) is 0 Å². The normalized spacial score (nSPS) is 18.7. The van der Waals surface area contributed by atoms with Crippen molar-refractivity contribution in [1.29, 1.82) is 0 Å². The number of anilines is 1. The number of furan rings is 1. The molecule has 3 rings (SSSR count). The number of hydrogen-bond acceptors (Lipinski definition) is 5. The molecule has 0 unspecified atom stereocenters. The summed E-state index contributed by atoms with van der Waals surface area (Å²) in [6.45, 7) is 6.87. The number of nitrogens with one attached hydrogen (secondary N) is 2. The van der Waals surface area contributed by atoms with Crippen LogP contribution in [0.3, 0.4) is 0 Å². The van der Waals surface area contributed by atoms with Gasteiger partial charge in [-0.2, -0.15) is 0 Å². The van der Waals surface area contributed by atoms with Gasteiger partial charge in [-0.1, -0.05) is 13.8 Å². The summed E-state index contributed by atoms with van der Waals surface area (Å²) >= 11 is 0. The van der Waals surface area contributed by atoms with Crippen molar-refractivity contribution in [1.82, 2.24) is 15.3 Å². The summed E-state index contributed by atoms with van der Waals surface area (Å²) in [6.07, 6.45) is 5.54. The highest BCUT2D eigenvalue weighted by Crippen LogP contribution is 2.41. The molecule has 24 heavy (non-hydrogen) atoms. The van der Waals surface area contributed by atoms with Crippen molar-refractivity contribution in [3.05, 3.63) is 41.6 Å². The van der Waals surface area contributed by atoms with E-state index in [2.05, 4.69) is 34.4 Å². The quantitative estimate of drug-likeness (QED) is 0.882. The van der Waals surface area contributed by atoms with Crippen molar-refractivity contribution in [2.45, 2.75) is 46.1 Å². The third kappa shape index (κ3) is 3.93. The molecule has 0 aliphatic heterocycles. The van der Waals surface area contributed by atoms with Crippen molar-refractivity contribution in [2.75, 3.05) is 11.9 Å². The maximum absolute atomic E-state index is 12.3. The summed E-state index contributed by atoms with van der Waals surface area (Å²) in [7, 11) is 0. The molecular formula is C18H24N4O2. The van der Waals surface area contributed by atoms with E-state index in [9.17, 15) is 4.79 Å². The zero-order chi connectivity index (χ0) is 17.2.